The lowest BCUT2D eigenvalue weighted by Crippen LogP contribution is -2.08. The van der Waals surface area contributed by atoms with Gasteiger partial charge in [0, 0.05) is 22.5 Å². The molecule has 3 rings (SSSR count). The monoisotopic (exact) mass is 217 g/mol. The van der Waals surface area contributed by atoms with E-state index in [1.54, 1.807) is 0 Å². The summed E-state index contributed by atoms with van der Waals surface area (Å²) in [5.41, 5.74) is 4.47. The molecule has 1 aromatic carbocycles. The lowest BCUT2D eigenvalue weighted by atomic mass is 10.0. The zero-order valence-electron chi connectivity index (χ0n) is 9.21. The first-order valence-corrected chi connectivity index (χ1v) is 6.70. The van der Waals surface area contributed by atoms with E-state index in [9.17, 15) is 0 Å². The molecular formula is C13H15NS. The fourth-order valence-corrected chi connectivity index (χ4v) is 3.54. The second-order valence-corrected chi connectivity index (χ2v) is 5.00. The van der Waals surface area contributed by atoms with Crippen LogP contribution in [0.1, 0.15) is 17.7 Å². The van der Waals surface area contributed by atoms with Crippen LogP contribution in [0, 0.1) is 6.92 Å². The van der Waals surface area contributed by atoms with Crippen LogP contribution in [0.2, 0.25) is 0 Å². The molecule has 2 heterocycles. The Labute approximate surface area is 94.5 Å². The predicted molar refractivity (Wildman–Crippen MR) is 66.8 cm³/mol. The van der Waals surface area contributed by atoms with Gasteiger partial charge in [0.2, 0.25) is 0 Å². The molecule has 0 fully saturated rings. The summed E-state index contributed by atoms with van der Waals surface area (Å²) in [7, 11) is 0. The molecule has 1 aliphatic heterocycles. The standard InChI is InChI=1S/C13H15NS/c1-9-13(15-2)11-7-3-5-10-6-4-8-14(9)12(10)11/h3,5,7H,4,6,8H2,1-2H3. The van der Waals surface area contributed by atoms with Gasteiger partial charge in [0.1, 0.15) is 0 Å². The zero-order chi connectivity index (χ0) is 10.4. The molecule has 15 heavy (non-hydrogen) atoms. The van der Waals surface area contributed by atoms with Crippen LogP contribution in [-0.4, -0.2) is 10.8 Å². The van der Waals surface area contributed by atoms with Gasteiger partial charge in [0.25, 0.3) is 0 Å². The predicted octanol–water partition coefficient (Wildman–Crippen LogP) is 3.62. The molecule has 1 aliphatic rings. The molecule has 0 aliphatic carbocycles. The average Bonchev–Trinajstić information content (AvgIpc) is 2.55. The third-order valence-electron chi connectivity index (χ3n) is 3.40. The number of aromatic nitrogens is 1. The van der Waals surface area contributed by atoms with Gasteiger partial charge < -0.3 is 4.57 Å². The lowest BCUT2D eigenvalue weighted by molar-refractivity contribution is 0.620. The number of aryl methyl sites for hydroxylation is 2. The van der Waals surface area contributed by atoms with Crippen LogP contribution >= 0.6 is 11.8 Å². The van der Waals surface area contributed by atoms with E-state index in [1.165, 1.54) is 46.4 Å². The first-order valence-electron chi connectivity index (χ1n) is 5.47. The Morgan fingerprint density at radius 3 is 3.00 bits per heavy atom. The second kappa shape index (κ2) is 3.31. The molecule has 0 saturated carbocycles. The summed E-state index contributed by atoms with van der Waals surface area (Å²) < 4.78 is 2.50. The minimum Gasteiger partial charge on any atom is -0.343 e. The summed E-state index contributed by atoms with van der Waals surface area (Å²) in [5, 5.41) is 1.46. The Kier molecular flexibility index (Phi) is 2.06. The fraction of sp³-hybridized carbons (Fsp3) is 0.385. The summed E-state index contributed by atoms with van der Waals surface area (Å²) >= 11 is 1.88. The Bertz CT molecular complexity index is 525. The maximum absolute atomic E-state index is 2.50. The van der Waals surface area contributed by atoms with Crippen molar-refractivity contribution in [3.05, 3.63) is 29.5 Å². The maximum atomic E-state index is 2.50. The van der Waals surface area contributed by atoms with Crippen molar-refractivity contribution in [2.75, 3.05) is 6.26 Å². The minimum absolute atomic E-state index is 1.19. The lowest BCUT2D eigenvalue weighted by Gasteiger charge is -2.16. The Hall–Kier alpha value is -0.890. The second-order valence-electron chi connectivity index (χ2n) is 4.19. The van der Waals surface area contributed by atoms with Crippen molar-refractivity contribution in [1.82, 2.24) is 4.57 Å². The van der Waals surface area contributed by atoms with E-state index in [1.807, 2.05) is 11.8 Å². The van der Waals surface area contributed by atoms with Gasteiger partial charge in [-0.05, 0) is 31.6 Å². The topological polar surface area (TPSA) is 4.93 Å². The third-order valence-corrected chi connectivity index (χ3v) is 4.32. The fourth-order valence-electron chi connectivity index (χ4n) is 2.75. The number of hydrogen-bond acceptors (Lipinski definition) is 1. The van der Waals surface area contributed by atoms with Gasteiger partial charge in [-0.2, -0.15) is 0 Å². The molecule has 1 aromatic heterocycles. The van der Waals surface area contributed by atoms with Crippen LogP contribution < -0.4 is 0 Å². The van der Waals surface area contributed by atoms with Gasteiger partial charge in [0.15, 0.2) is 0 Å². The number of hydrogen-bond donors (Lipinski definition) is 0. The summed E-state index contributed by atoms with van der Waals surface area (Å²) in [4.78, 5) is 1.47. The van der Waals surface area contributed by atoms with E-state index in [4.69, 9.17) is 0 Å². The molecule has 0 saturated heterocycles. The molecule has 0 spiro atoms. The van der Waals surface area contributed by atoms with Gasteiger partial charge in [-0.1, -0.05) is 18.2 Å². The van der Waals surface area contributed by atoms with E-state index < -0.39 is 0 Å². The molecule has 0 amide bonds. The van der Waals surface area contributed by atoms with Gasteiger partial charge in [0.05, 0.1) is 5.52 Å². The Morgan fingerprint density at radius 1 is 1.33 bits per heavy atom. The van der Waals surface area contributed by atoms with E-state index in [-0.39, 0.29) is 0 Å². The van der Waals surface area contributed by atoms with Crippen molar-refractivity contribution in [2.24, 2.45) is 0 Å². The molecule has 0 unspecified atom stereocenters. The smallest absolute Gasteiger partial charge is 0.0526 e. The summed E-state index contributed by atoms with van der Waals surface area (Å²) in [5.74, 6) is 0. The number of nitrogens with zero attached hydrogens (tertiary/aromatic N) is 1. The van der Waals surface area contributed by atoms with Crippen LogP contribution in [0.15, 0.2) is 23.1 Å². The van der Waals surface area contributed by atoms with Crippen molar-refractivity contribution in [1.29, 1.82) is 0 Å². The zero-order valence-corrected chi connectivity index (χ0v) is 10.0. The van der Waals surface area contributed by atoms with Gasteiger partial charge in [-0.25, -0.2) is 0 Å². The molecule has 78 valence electrons. The highest BCUT2D eigenvalue weighted by molar-refractivity contribution is 7.98. The summed E-state index contributed by atoms with van der Waals surface area (Å²) in [6.45, 7) is 3.45. The molecule has 2 heteroatoms. The van der Waals surface area contributed by atoms with Crippen LogP contribution in [0.5, 0.6) is 0 Å². The molecule has 1 nitrogen and oxygen atoms in total. The molecule has 2 aromatic rings. The molecular weight excluding hydrogens is 202 g/mol. The van der Waals surface area contributed by atoms with Crippen molar-refractivity contribution < 1.29 is 0 Å². The number of benzene rings is 1. The quantitative estimate of drug-likeness (QED) is 0.660. The van der Waals surface area contributed by atoms with E-state index in [0.717, 1.165) is 0 Å². The highest BCUT2D eigenvalue weighted by Gasteiger charge is 2.18. The molecule has 0 bridgehead atoms. The molecule has 0 radical (unpaired) electrons. The van der Waals surface area contributed by atoms with Crippen molar-refractivity contribution in [3.63, 3.8) is 0 Å². The van der Waals surface area contributed by atoms with E-state index in [0.29, 0.717) is 0 Å². The highest BCUT2D eigenvalue weighted by Crippen LogP contribution is 2.36. The molecule has 0 atom stereocenters. The number of para-hydroxylation sites is 1. The minimum atomic E-state index is 1.19. The first kappa shape index (κ1) is 9.34. The Morgan fingerprint density at radius 2 is 2.20 bits per heavy atom. The normalized spacial score (nSPS) is 14.8. The Balaban J connectivity index is 2.48. The van der Waals surface area contributed by atoms with Crippen LogP contribution in [-0.2, 0) is 13.0 Å². The van der Waals surface area contributed by atoms with E-state index >= 15 is 0 Å². The summed E-state index contributed by atoms with van der Waals surface area (Å²) in [6.07, 6.45) is 4.71. The highest BCUT2D eigenvalue weighted by atomic mass is 32.2. The third kappa shape index (κ3) is 1.18. The van der Waals surface area contributed by atoms with Gasteiger partial charge in [-0.3, -0.25) is 0 Å². The maximum Gasteiger partial charge on any atom is 0.0526 e. The summed E-state index contributed by atoms with van der Waals surface area (Å²) in [6, 6.07) is 6.74. The van der Waals surface area contributed by atoms with Crippen molar-refractivity contribution in [3.8, 4) is 0 Å². The van der Waals surface area contributed by atoms with Gasteiger partial charge in [-0.15, -0.1) is 11.8 Å². The van der Waals surface area contributed by atoms with Crippen molar-refractivity contribution in [2.45, 2.75) is 31.2 Å². The largest absolute Gasteiger partial charge is 0.343 e. The van der Waals surface area contributed by atoms with E-state index in [2.05, 4.69) is 35.9 Å². The average molecular weight is 217 g/mol. The number of rotatable bonds is 1. The van der Waals surface area contributed by atoms with Crippen LogP contribution in [0.25, 0.3) is 10.9 Å². The SMILES string of the molecule is CSc1c(C)n2c3c(cccc13)CCC2. The molecule has 0 N–H and O–H groups in total. The van der Waals surface area contributed by atoms with Crippen LogP contribution in [0.3, 0.4) is 0 Å². The first-order chi connectivity index (χ1) is 7.33. The number of thioether (sulfide) groups is 1. The van der Waals surface area contributed by atoms with Gasteiger partial charge >= 0.3 is 0 Å². The van der Waals surface area contributed by atoms with Crippen molar-refractivity contribution >= 4 is 22.7 Å². The van der Waals surface area contributed by atoms with Crippen LogP contribution in [0.4, 0.5) is 0 Å².